The molecular weight excluding hydrogens is 312 g/mol. The predicted molar refractivity (Wildman–Crippen MR) is 85.5 cm³/mol. The molecule has 1 amide bonds. The van der Waals surface area contributed by atoms with Gasteiger partial charge in [0.2, 0.25) is 6.10 Å². The van der Waals surface area contributed by atoms with E-state index in [4.69, 9.17) is 14.6 Å². The second kappa shape index (κ2) is 6.82. The maximum Gasteiger partial charge on any atom is 0.335 e. The zero-order chi connectivity index (χ0) is 16.9. The van der Waals surface area contributed by atoms with E-state index in [9.17, 15) is 9.59 Å². The summed E-state index contributed by atoms with van der Waals surface area (Å²) in [5.41, 5.74) is 3.22. The fourth-order valence-corrected chi connectivity index (χ4v) is 2.10. The molecule has 0 aromatic heterocycles. The number of hydrazone groups is 1. The number of aromatic carboxylic acids is 1. The summed E-state index contributed by atoms with van der Waals surface area (Å²) in [4.78, 5) is 22.8. The molecule has 1 aliphatic rings. The van der Waals surface area contributed by atoms with Gasteiger partial charge >= 0.3 is 5.97 Å². The number of fused-ring (bicyclic) bond motifs is 1. The number of carbonyl (C=O) groups excluding carboxylic acids is 1. The Bertz CT molecular complexity index is 786. The lowest BCUT2D eigenvalue weighted by atomic mass is 10.1. The van der Waals surface area contributed by atoms with E-state index >= 15 is 0 Å². The molecule has 2 aromatic carbocycles. The van der Waals surface area contributed by atoms with Crippen molar-refractivity contribution >= 4 is 18.1 Å². The van der Waals surface area contributed by atoms with Gasteiger partial charge in [-0.3, -0.25) is 4.79 Å². The fraction of sp³-hybridized carbons (Fsp3) is 0.118. The quantitative estimate of drug-likeness (QED) is 0.658. The summed E-state index contributed by atoms with van der Waals surface area (Å²) in [6.07, 6.45) is 0.632. The van der Waals surface area contributed by atoms with Crippen LogP contribution in [0.2, 0.25) is 0 Å². The van der Waals surface area contributed by atoms with Gasteiger partial charge in [0, 0.05) is 0 Å². The lowest BCUT2D eigenvalue weighted by Crippen LogP contribution is -2.42. The lowest BCUT2D eigenvalue weighted by Gasteiger charge is -2.24. The molecular formula is C17H14N2O5. The van der Waals surface area contributed by atoms with E-state index < -0.39 is 18.0 Å². The van der Waals surface area contributed by atoms with Crippen molar-refractivity contribution in [1.29, 1.82) is 0 Å². The highest BCUT2D eigenvalue weighted by molar-refractivity contribution is 5.89. The first-order chi connectivity index (χ1) is 11.6. The number of carboxylic acid groups (broad SMARTS) is 1. The van der Waals surface area contributed by atoms with Gasteiger partial charge in [-0.2, -0.15) is 5.10 Å². The number of carbonyl (C=O) groups is 2. The summed E-state index contributed by atoms with van der Waals surface area (Å²) >= 11 is 0. The summed E-state index contributed by atoms with van der Waals surface area (Å²) in [6, 6.07) is 13.2. The van der Waals surface area contributed by atoms with Crippen LogP contribution in [-0.2, 0) is 4.79 Å². The third-order valence-corrected chi connectivity index (χ3v) is 3.35. The van der Waals surface area contributed by atoms with E-state index in [1.165, 1.54) is 18.3 Å². The van der Waals surface area contributed by atoms with Gasteiger partial charge in [-0.15, -0.1) is 0 Å². The smallest absolute Gasteiger partial charge is 0.335 e. The van der Waals surface area contributed by atoms with Crippen molar-refractivity contribution in [1.82, 2.24) is 5.43 Å². The lowest BCUT2D eigenvalue weighted by molar-refractivity contribution is -0.130. The number of para-hydroxylation sites is 2. The number of nitrogens with zero attached hydrogens (tertiary/aromatic N) is 1. The number of rotatable bonds is 4. The normalized spacial score (nSPS) is 15.9. The Kier molecular flexibility index (Phi) is 4.42. The van der Waals surface area contributed by atoms with E-state index in [0.29, 0.717) is 17.1 Å². The summed E-state index contributed by atoms with van der Waals surface area (Å²) < 4.78 is 11.0. The number of carboxylic acids is 1. The van der Waals surface area contributed by atoms with Crippen LogP contribution in [-0.4, -0.2) is 35.9 Å². The van der Waals surface area contributed by atoms with Crippen LogP contribution < -0.4 is 14.9 Å². The Balaban J connectivity index is 1.57. The van der Waals surface area contributed by atoms with E-state index in [1.807, 2.05) is 6.07 Å². The van der Waals surface area contributed by atoms with Crippen molar-refractivity contribution in [2.75, 3.05) is 6.61 Å². The summed E-state index contributed by atoms with van der Waals surface area (Å²) in [7, 11) is 0. The predicted octanol–water partition coefficient (Wildman–Crippen LogP) is 1.67. The van der Waals surface area contributed by atoms with Crippen LogP contribution >= 0.6 is 0 Å². The van der Waals surface area contributed by atoms with Crippen LogP contribution in [0.25, 0.3) is 0 Å². The Morgan fingerprint density at radius 3 is 2.54 bits per heavy atom. The first-order valence-corrected chi connectivity index (χ1v) is 7.18. The zero-order valence-corrected chi connectivity index (χ0v) is 12.5. The van der Waals surface area contributed by atoms with Gasteiger partial charge in [-0.1, -0.05) is 24.3 Å². The van der Waals surface area contributed by atoms with Gasteiger partial charge in [0.05, 0.1) is 11.8 Å². The topological polar surface area (TPSA) is 97.2 Å². The first-order valence-electron chi connectivity index (χ1n) is 7.18. The second-order valence-electron chi connectivity index (χ2n) is 5.03. The molecule has 1 atom stereocenters. The van der Waals surface area contributed by atoms with Crippen molar-refractivity contribution < 1.29 is 24.2 Å². The van der Waals surface area contributed by atoms with Crippen LogP contribution in [0, 0.1) is 0 Å². The number of ether oxygens (including phenoxy) is 2. The van der Waals surface area contributed by atoms with Crippen molar-refractivity contribution in [3.63, 3.8) is 0 Å². The summed E-state index contributed by atoms with van der Waals surface area (Å²) in [6.45, 7) is 0.103. The zero-order valence-electron chi connectivity index (χ0n) is 12.5. The van der Waals surface area contributed by atoms with Crippen molar-refractivity contribution in [3.8, 4) is 11.5 Å². The van der Waals surface area contributed by atoms with E-state index in [-0.39, 0.29) is 12.2 Å². The van der Waals surface area contributed by atoms with Crippen molar-refractivity contribution in [2.45, 2.75) is 6.10 Å². The Morgan fingerprint density at radius 1 is 1.12 bits per heavy atom. The number of hydrogen-bond donors (Lipinski definition) is 2. The molecule has 3 rings (SSSR count). The first kappa shape index (κ1) is 15.5. The summed E-state index contributed by atoms with van der Waals surface area (Å²) in [5, 5.41) is 12.7. The molecule has 0 spiro atoms. The van der Waals surface area contributed by atoms with Crippen LogP contribution in [0.15, 0.2) is 53.6 Å². The number of benzene rings is 2. The van der Waals surface area contributed by atoms with Gasteiger partial charge in [0.15, 0.2) is 11.5 Å². The molecule has 2 N–H and O–H groups in total. The minimum absolute atomic E-state index is 0.103. The van der Waals surface area contributed by atoms with Crippen LogP contribution in [0.1, 0.15) is 15.9 Å². The Labute approximate surface area is 137 Å². The highest BCUT2D eigenvalue weighted by Crippen LogP contribution is 2.30. The van der Waals surface area contributed by atoms with Crippen LogP contribution in [0.4, 0.5) is 0 Å². The van der Waals surface area contributed by atoms with Crippen molar-refractivity contribution in [3.05, 3.63) is 59.7 Å². The molecule has 122 valence electrons. The molecule has 0 aliphatic carbocycles. The molecule has 7 heteroatoms. The van der Waals surface area contributed by atoms with Gasteiger partial charge < -0.3 is 14.6 Å². The highest BCUT2D eigenvalue weighted by atomic mass is 16.6. The molecule has 0 saturated carbocycles. The monoisotopic (exact) mass is 326 g/mol. The molecule has 7 nitrogen and oxygen atoms in total. The largest absolute Gasteiger partial charge is 0.485 e. The Morgan fingerprint density at radius 2 is 1.83 bits per heavy atom. The van der Waals surface area contributed by atoms with Crippen molar-refractivity contribution in [2.24, 2.45) is 5.10 Å². The van der Waals surface area contributed by atoms with E-state index in [0.717, 1.165) is 0 Å². The molecule has 2 aromatic rings. The molecule has 0 radical (unpaired) electrons. The third-order valence-electron chi connectivity index (χ3n) is 3.35. The van der Waals surface area contributed by atoms with Gasteiger partial charge in [0.1, 0.15) is 6.61 Å². The minimum atomic E-state index is -0.999. The molecule has 24 heavy (non-hydrogen) atoms. The van der Waals surface area contributed by atoms with Gasteiger partial charge in [-0.05, 0) is 29.8 Å². The molecule has 1 aliphatic heterocycles. The minimum Gasteiger partial charge on any atom is -0.485 e. The van der Waals surface area contributed by atoms with Gasteiger partial charge in [0.25, 0.3) is 5.91 Å². The third kappa shape index (κ3) is 3.52. The van der Waals surface area contributed by atoms with E-state index in [1.54, 1.807) is 30.3 Å². The van der Waals surface area contributed by atoms with Gasteiger partial charge in [-0.25, -0.2) is 10.2 Å². The second-order valence-corrected chi connectivity index (χ2v) is 5.03. The molecule has 0 saturated heterocycles. The van der Waals surface area contributed by atoms with Crippen LogP contribution in [0.5, 0.6) is 11.5 Å². The molecule has 0 bridgehead atoms. The average molecular weight is 326 g/mol. The number of nitrogens with one attached hydrogen (secondary N) is 1. The fourth-order valence-electron chi connectivity index (χ4n) is 2.10. The SMILES string of the molecule is O=C(O)c1ccc(C=NNC(=O)[C@H]2COc3ccccc3O2)cc1. The molecule has 0 unspecified atom stereocenters. The average Bonchev–Trinajstić information content (AvgIpc) is 2.61. The maximum atomic E-state index is 12.0. The standard InChI is InChI=1S/C17H14N2O5/c20-16(15-10-23-13-3-1-2-4-14(13)24-15)19-18-9-11-5-7-12(8-6-11)17(21)22/h1-9,15H,10H2,(H,19,20)(H,21,22)/t15-/m1/s1. The molecule has 0 fully saturated rings. The number of amides is 1. The molecule has 1 heterocycles. The number of hydrogen-bond acceptors (Lipinski definition) is 5. The highest BCUT2D eigenvalue weighted by Gasteiger charge is 2.26. The van der Waals surface area contributed by atoms with Crippen LogP contribution in [0.3, 0.4) is 0 Å². The Hall–Kier alpha value is -3.35. The maximum absolute atomic E-state index is 12.0. The summed E-state index contributed by atoms with van der Waals surface area (Å²) in [5.74, 6) is -0.315. The van der Waals surface area contributed by atoms with E-state index in [2.05, 4.69) is 10.5 Å².